The van der Waals surface area contributed by atoms with E-state index >= 15 is 0 Å². The lowest BCUT2D eigenvalue weighted by molar-refractivity contribution is -0.141. The molecular weight excluding hydrogens is 513 g/mol. The first-order valence-electron chi connectivity index (χ1n) is 13.4. The molecular formula is C28H29F3N4O4. The fourth-order valence-electron chi connectivity index (χ4n) is 6.28. The van der Waals surface area contributed by atoms with Gasteiger partial charge in [-0.3, -0.25) is 29.6 Å². The summed E-state index contributed by atoms with van der Waals surface area (Å²) in [6, 6.07) is 7.69. The molecule has 2 saturated heterocycles. The van der Waals surface area contributed by atoms with Crippen LogP contribution in [0.25, 0.3) is 0 Å². The molecule has 1 aliphatic carbocycles. The van der Waals surface area contributed by atoms with Crippen molar-refractivity contribution in [1.82, 2.24) is 20.1 Å². The van der Waals surface area contributed by atoms with Crippen LogP contribution in [0.15, 0.2) is 36.5 Å². The van der Waals surface area contributed by atoms with E-state index in [2.05, 4.69) is 15.2 Å². The number of carbonyl (C=O) groups excluding carboxylic acids is 3. The summed E-state index contributed by atoms with van der Waals surface area (Å²) >= 11 is 0. The van der Waals surface area contributed by atoms with Crippen molar-refractivity contribution in [2.24, 2.45) is 0 Å². The summed E-state index contributed by atoms with van der Waals surface area (Å²) in [6.07, 6.45) is 1.15. The molecule has 8 nitrogen and oxygen atoms in total. The van der Waals surface area contributed by atoms with Crippen molar-refractivity contribution in [3.63, 3.8) is 0 Å². The SMILES string of the molecule is O=C1CCC(N2Cc3cc(OC4CCCCC4N4CC(c5ccnc(C(F)(F)F)c5)C4)ccc3C2=O)C(=O)N1. The quantitative estimate of drug-likeness (QED) is 0.580. The molecule has 6 rings (SSSR count). The summed E-state index contributed by atoms with van der Waals surface area (Å²) in [5.74, 6) is -0.301. The maximum Gasteiger partial charge on any atom is 0.433 e. The monoisotopic (exact) mass is 542 g/mol. The molecule has 4 heterocycles. The van der Waals surface area contributed by atoms with Crippen molar-refractivity contribution in [3.8, 4) is 5.75 Å². The van der Waals surface area contributed by atoms with Gasteiger partial charge in [-0.2, -0.15) is 13.2 Å². The van der Waals surface area contributed by atoms with Crippen LogP contribution in [-0.2, 0) is 22.3 Å². The lowest BCUT2D eigenvalue weighted by atomic mass is 9.84. The number of nitrogens with one attached hydrogen (secondary N) is 1. The Kier molecular flexibility index (Phi) is 6.57. The third kappa shape index (κ3) is 4.99. The number of fused-ring (bicyclic) bond motifs is 1. The fourth-order valence-corrected chi connectivity index (χ4v) is 6.28. The van der Waals surface area contributed by atoms with E-state index in [1.807, 2.05) is 6.07 Å². The topological polar surface area (TPSA) is 91.8 Å². The van der Waals surface area contributed by atoms with Gasteiger partial charge < -0.3 is 9.64 Å². The van der Waals surface area contributed by atoms with Gasteiger partial charge in [0.05, 0.1) is 0 Å². The zero-order chi connectivity index (χ0) is 27.3. The summed E-state index contributed by atoms with van der Waals surface area (Å²) < 4.78 is 45.7. The number of alkyl halides is 3. The molecule has 3 unspecified atom stereocenters. The standard InChI is InChI=1S/C28H29F3N4O4/c29-28(30,31)24-12-16(9-10-32-24)18-13-34(14-18)21-3-1-2-4-23(21)39-19-5-6-20-17(11-19)15-35(27(20)38)22-7-8-25(36)33-26(22)37/h5-6,9-12,18,21-23H,1-4,7-8,13-15H2,(H,33,36,37). The highest BCUT2D eigenvalue weighted by molar-refractivity contribution is 6.05. The second-order valence-electron chi connectivity index (χ2n) is 10.9. The molecule has 11 heteroatoms. The van der Waals surface area contributed by atoms with Gasteiger partial charge in [0.2, 0.25) is 11.8 Å². The van der Waals surface area contributed by atoms with E-state index in [-0.39, 0.29) is 42.8 Å². The first-order chi connectivity index (χ1) is 18.7. The molecule has 39 heavy (non-hydrogen) atoms. The minimum Gasteiger partial charge on any atom is -0.489 e. The molecule has 1 saturated carbocycles. The van der Waals surface area contributed by atoms with Crippen LogP contribution >= 0.6 is 0 Å². The number of likely N-dealkylation sites (tertiary alicyclic amines) is 1. The van der Waals surface area contributed by atoms with Crippen LogP contribution in [0.3, 0.4) is 0 Å². The molecule has 0 radical (unpaired) electrons. The molecule has 1 N–H and O–H groups in total. The number of imide groups is 1. The van der Waals surface area contributed by atoms with Gasteiger partial charge in [0.1, 0.15) is 23.6 Å². The third-order valence-electron chi connectivity index (χ3n) is 8.37. The number of aromatic nitrogens is 1. The molecule has 3 fully saturated rings. The first kappa shape index (κ1) is 25.8. The van der Waals surface area contributed by atoms with E-state index in [0.717, 1.165) is 37.3 Å². The number of nitrogens with zero attached hydrogens (tertiary/aromatic N) is 3. The minimum atomic E-state index is -4.46. The molecule has 1 aromatic heterocycles. The number of ether oxygens (including phenoxy) is 1. The van der Waals surface area contributed by atoms with Gasteiger partial charge >= 0.3 is 6.18 Å². The number of piperidine rings is 1. The van der Waals surface area contributed by atoms with Crippen molar-refractivity contribution in [2.45, 2.75) is 75.4 Å². The van der Waals surface area contributed by atoms with Crippen LogP contribution in [0.5, 0.6) is 5.75 Å². The summed E-state index contributed by atoms with van der Waals surface area (Å²) in [7, 11) is 0. The first-order valence-corrected chi connectivity index (χ1v) is 13.4. The van der Waals surface area contributed by atoms with Crippen LogP contribution in [-0.4, -0.2) is 63.8 Å². The Morgan fingerprint density at radius 2 is 1.79 bits per heavy atom. The highest BCUT2D eigenvalue weighted by atomic mass is 19.4. The van der Waals surface area contributed by atoms with Crippen molar-refractivity contribution >= 4 is 17.7 Å². The number of benzene rings is 1. The average molecular weight is 543 g/mol. The molecule has 3 aliphatic heterocycles. The van der Waals surface area contributed by atoms with Crippen molar-refractivity contribution in [2.75, 3.05) is 13.1 Å². The largest absolute Gasteiger partial charge is 0.489 e. The summed E-state index contributed by atoms with van der Waals surface area (Å²) in [5.41, 5.74) is 1.12. The predicted molar refractivity (Wildman–Crippen MR) is 133 cm³/mol. The van der Waals surface area contributed by atoms with E-state index in [4.69, 9.17) is 4.74 Å². The van der Waals surface area contributed by atoms with Crippen molar-refractivity contribution in [1.29, 1.82) is 0 Å². The molecule has 0 spiro atoms. The Morgan fingerprint density at radius 3 is 2.56 bits per heavy atom. The molecule has 1 aromatic carbocycles. The van der Waals surface area contributed by atoms with Gasteiger partial charge in [-0.1, -0.05) is 6.42 Å². The summed E-state index contributed by atoms with van der Waals surface area (Å²) in [4.78, 5) is 44.1. The number of pyridine rings is 1. The maximum atomic E-state index is 13.1. The molecule has 2 aromatic rings. The zero-order valence-corrected chi connectivity index (χ0v) is 21.2. The summed E-state index contributed by atoms with van der Waals surface area (Å²) in [6.45, 7) is 1.63. The number of halogens is 3. The Bertz CT molecular complexity index is 1310. The van der Waals surface area contributed by atoms with Gasteiger partial charge in [0.25, 0.3) is 5.91 Å². The van der Waals surface area contributed by atoms with Crippen molar-refractivity contribution in [3.05, 3.63) is 58.9 Å². The van der Waals surface area contributed by atoms with E-state index in [9.17, 15) is 27.6 Å². The van der Waals surface area contributed by atoms with Gasteiger partial charge in [-0.25, -0.2) is 0 Å². The summed E-state index contributed by atoms with van der Waals surface area (Å²) in [5, 5.41) is 2.31. The Labute approximate surface area is 223 Å². The lowest BCUT2D eigenvalue weighted by Gasteiger charge is -2.48. The minimum absolute atomic E-state index is 0.0287. The molecule has 0 bridgehead atoms. The normalized spacial score (nSPS) is 26.3. The van der Waals surface area contributed by atoms with E-state index in [1.165, 1.54) is 11.1 Å². The third-order valence-corrected chi connectivity index (χ3v) is 8.37. The fraction of sp³-hybridized carbons (Fsp3) is 0.500. The van der Waals surface area contributed by atoms with Crippen LogP contribution in [0.4, 0.5) is 13.2 Å². The highest BCUT2D eigenvalue weighted by Crippen LogP contribution is 2.38. The number of hydrogen-bond donors (Lipinski definition) is 1. The molecule has 3 atom stereocenters. The molecule has 4 aliphatic rings. The highest BCUT2D eigenvalue weighted by Gasteiger charge is 2.42. The lowest BCUT2D eigenvalue weighted by Crippen LogP contribution is -2.57. The zero-order valence-electron chi connectivity index (χ0n) is 21.2. The Balaban J connectivity index is 1.11. The van der Waals surface area contributed by atoms with E-state index in [1.54, 1.807) is 18.2 Å². The average Bonchev–Trinajstić information content (AvgIpc) is 3.19. The maximum absolute atomic E-state index is 13.1. The smallest absolute Gasteiger partial charge is 0.433 e. The predicted octanol–water partition coefficient (Wildman–Crippen LogP) is 3.65. The van der Waals surface area contributed by atoms with Crippen LogP contribution in [0.1, 0.15) is 71.6 Å². The van der Waals surface area contributed by atoms with E-state index in [0.29, 0.717) is 36.4 Å². The Morgan fingerprint density at radius 1 is 1.00 bits per heavy atom. The Hall–Kier alpha value is -3.47. The molecule has 206 valence electrons. The van der Waals surface area contributed by atoms with Gasteiger partial charge in [0.15, 0.2) is 0 Å². The van der Waals surface area contributed by atoms with Gasteiger partial charge in [-0.05, 0) is 67.1 Å². The second-order valence-corrected chi connectivity index (χ2v) is 10.9. The number of carbonyl (C=O) groups is 3. The van der Waals surface area contributed by atoms with Crippen LogP contribution in [0, 0.1) is 0 Å². The van der Waals surface area contributed by atoms with Gasteiger partial charge in [-0.15, -0.1) is 0 Å². The molecule has 3 amide bonds. The van der Waals surface area contributed by atoms with E-state index < -0.39 is 23.8 Å². The van der Waals surface area contributed by atoms with Crippen LogP contribution in [0.2, 0.25) is 0 Å². The van der Waals surface area contributed by atoms with Crippen molar-refractivity contribution < 1.29 is 32.3 Å². The van der Waals surface area contributed by atoms with Gasteiger partial charge in [0, 0.05) is 49.8 Å². The number of rotatable bonds is 5. The number of amides is 3. The van der Waals surface area contributed by atoms with Crippen LogP contribution < -0.4 is 10.1 Å². The number of hydrogen-bond acceptors (Lipinski definition) is 6. The second kappa shape index (κ2) is 9.93.